The molecule has 1 fully saturated rings. The molecule has 1 saturated heterocycles. The highest BCUT2D eigenvalue weighted by Crippen LogP contribution is 2.31. The SMILES string of the molecule is CCCC[C@@H]1CC[C@@H](CCCCOCc2ccccc2)N1C(=O)OCc1ccccc1. The predicted octanol–water partition coefficient (Wildman–Crippen LogP) is 6.73. The number of ether oxygens (including phenoxy) is 2. The molecular formula is C27H37NO3. The Balaban J connectivity index is 1.43. The fraction of sp³-hybridized carbons (Fsp3) is 0.519. The van der Waals surface area contributed by atoms with Crippen molar-refractivity contribution in [2.24, 2.45) is 0 Å². The van der Waals surface area contributed by atoms with E-state index in [1.807, 2.05) is 48.5 Å². The molecule has 0 radical (unpaired) electrons. The van der Waals surface area contributed by atoms with Gasteiger partial charge in [0, 0.05) is 18.7 Å². The maximum atomic E-state index is 13.0. The van der Waals surface area contributed by atoms with Gasteiger partial charge in [0.05, 0.1) is 6.61 Å². The van der Waals surface area contributed by atoms with Gasteiger partial charge in [-0.1, -0.05) is 80.4 Å². The molecule has 4 heteroatoms. The molecule has 1 aliphatic rings. The van der Waals surface area contributed by atoms with Gasteiger partial charge in [-0.05, 0) is 49.7 Å². The highest BCUT2D eigenvalue weighted by atomic mass is 16.6. The van der Waals surface area contributed by atoms with E-state index < -0.39 is 0 Å². The van der Waals surface area contributed by atoms with E-state index in [4.69, 9.17) is 9.47 Å². The monoisotopic (exact) mass is 423 g/mol. The second kappa shape index (κ2) is 13.2. The van der Waals surface area contributed by atoms with Crippen LogP contribution in [-0.4, -0.2) is 29.7 Å². The van der Waals surface area contributed by atoms with E-state index in [0.29, 0.717) is 25.3 Å². The van der Waals surface area contributed by atoms with Crippen molar-refractivity contribution in [2.45, 2.75) is 83.6 Å². The van der Waals surface area contributed by atoms with Crippen LogP contribution in [0.3, 0.4) is 0 Å². The van der Waals surface area contributed by atoms with Crippen LogP contribution < -0.4 is 0 Å². The molecular weight excluding hydrogens is 386 g/mol. The molecule has 31 heavy (non-hydrogen) atoms. The third-order valence-electron chi connectivity index (χ3n) is 6.11. The Morgan fingerprint density at radius 3 is 2.03 bits per heavy atom. The number of carbonyl (C=O) groups is 1. The van der Waals surface area contributed by atoms with Gasteiger partial charge in [0.1, 0.15) is 6.61 Å². The van der Waals surface area contributed by atoms with Crippen LogP contribution in [0, 0.1) is 0 Å². The van der Waals surface area contributed by atoms with Crippen LogP contribution >= 0.6 is 0 Å². The lowest BCUT2D eigenvalue weighted by molar-refractivity contribution is 0.0731. The molecule has 3 rings (SSSR count). The second-order valence-electron chi connectivity index (χ2n) is 8.51. The highest BCUT2D eigenvalue weighted by molar-refractivity contribution is 5.69. The Bertz CT molecular complexity index is 750. The first-order chi connectivity index (χ1) is 15.3. The average Bonchev–Trinajstić information content (AvgIpc) is 3.22. The summed E-state index contributed by atoms with van der Waals surface area (Å²) in [6.45, 7) is 3.98. The van der Waals surface area contributed by atoms with E-state index in [9.17, 15) is 4.79 Å². The number of amides is 1. The summed E-state index contributed by atoms with van der Waals surface area (Å²) in [5, 5.41) is 0. The van der Waals surface area contributed by atoms with Crippen LogP contribution in [0.1, 0.15) is 69.4 Å². The molecule has 2 aromatic carbocycles. The lowest BCUT2D eigenvalue weighted by atomic mass is 10.1. The number of carbonyl (C=O) groups excluding carboxylic acids is 1. The Morgan fingerprint density at radius 1 is 0.839 bits per heavy atom. The Hall–Kier alpha value is -2.33. The molecule has 0 spiro atoms. The molecule has 1 heterocycles. The molecule has 2 atom stereocenters. The number of rotatable bonds is 12. The van der Waals surface area contributed by atoms with Gasteiger partial charge in [0.15, 0.2) is 0 Å². The summed E-state index contributed by atoms with van der Waals surface area (Å²) in [6.07, 6.45) is 8.55. The van der Waals surface area contributed by atoms with E-state index in [1.54, 1.807) is 0 Å². The number of likely N-dealkylation sites (tertiary alicyclic amines) is 1. The standard InChI is InChI=1S/C27H37NO3/c1-2-3-16-25-18-19-26(17-10-11-20-30-21-23-12-6-4-7-13-23)28(25)27(29)31-22-24-14-8-5-9-15-24/h4-9,12-15,25-26H,2-3,10-11,16-22H2,1H3/t25-,26-/m1/s1. The number of hydrogen-bond donors (Lipinski definition) is 0. The molecule has 1 amide bonds. The summed E-state index contributed by atoms with van der Waals surface area (Å²) in [7, 11) is 0. The Kier molecular flexibility index (Phi) is 9.91. The van der Waals surface area contributed by atoms with Gasteiger partial charge in [0.2, 0.25) is 0 Å². The smallest absolute Gasteiger partial charge is 0.410 e. The van der Waals surface area contributed by atoms with Gasteiger partial charge in [-0.2, -0.15) is 0 Å². The van der Waals surface area contributed by atoms with E-state index in [1.165, 1.54) is 5.56 Å². The molecule has 1 aliphatic heterocycles. The molecule has 0 N–H and O–H groups in total. The zero-order valence-electron chi connectivity index (χ0n) is 18.9. The molecule has 0 aromatic heterocycles. The van der Waals surface area contributed by atoms with Crippen molar-refractivity contribution in [3.8, 4) is 0 Å². The van der Waals surface area contributed by atoms with Crippen molar-refractivity contribution in [3.63, 3.8) is 0 Å². The minimum atomic E-state index is -0.146. The summed E-state index contributed by atoms with van der Waals surface area (Å²) in [4.78, 5) is 15.0. The quantitative estimate of drug-likeness (QED) is 0.355. The minimum Gasteiger partial charge on any atom is -0.445 e. The van der Waals surface area contributed by atoms with E-state index in [-0.39, 0.29) is 6.09 Å². The molecule has 0 unspecified atom stereocenters. The number of nitrogens with zero attached hydrogens (tertiary/aromatic N) is 1. The van der Waals surface area contributed by atoms with Crippen LogP contribution in [0.5, 0.6) is 0 Å². The van der Waals surface area contributed by atoms with E-state index in [0.717, 1.165) is 63.5 Å². The third kappa shape index (κ3) is 7.70. The van der Waals surface area contributed by atoms with Gasteiger partial charge in [-0.15, -0.1) is 0 Å². The minimum absolute atomic E-state index is 0.146. The first-order valence-corrected chi connectivity index (χ1v) is 11.9. The van der Waals surface area contributed by atoms with Crippen LogP contribution in [0.25, 0.3) is 0 Å². The maximum Gasteiger partial charge on any atom is 0.410 e. The van der Waals surface area contributed by atoms with E-state index >= 15 is 0 Å². The normalized spacial score (nSPS) is 18.3. The van der Waals surface area contributed by atoms with Gasteiger partial charge in [-0.3, -0.25) is 0 Å². The number of hydrogen-bond acceptors (Lipinski definition) is 3. The van der Waals surface area contributed by atoms with Crippen LogP contribution in [0.2, 0.25) is 0 Å². The lowest BCUT2D eigenvalue weighted by Gasteiger charge is -2.30. The van der Waals surface area contributed by atoms with Crippen molar-refractivity contribution in [1.29, 1.82) is 0 Å². The van der Waals surface area contributed by atoms with Gasteiger partial charge >= 0.3 is 6.09 Å². The molecule has 0 aliphatic carbocycles. The molecule has 168 valence electrons. The Labute approximate surface area is 187 Å². The summed E-state index contributed by atoms with van der Waals surface area (Å²) in [5.74, 6) is 0. The second-order valence-corrected chi connectivity index (χ2v) is 8.51. The van der Waals surface area contributed by atoms with Crippen molar-refractivity contribution in [3.05, 3.63) is 71.8 Å². The zero-order valence-corrected chi connectivity index (χ0v) is 18.9. The summed E-state index contributed by atoms with van der Waals surface area (Å²) in [5.41, 5.74) is 2.25. The topological polar surface area (TPSA) is 38.8 Å². The van der Waals surface area contributed by atoms with Crippen molar-refractivity contribution in [2.75, 3.05) is 6.61 Å². The van der Waals surface area contributed by atoms with Gasteiger partial charge < -0.3 is 14.4 Å². The summed E-state index contributed by atoms with van der Waals surface area (Å²) in [6, 6.07) is 20.8. The largest absolute Gasteiger partial charge is 0.445 e. The molecule has 0 bridgehead atoms. The summed E-state index contributed by atoms with van der Waals surface area (Å²) >= 11 is 0. The first kappa shape index (κ1) is 23.3. The molecule has 2 aromatic rings. The van der Waals surface area contributed by atoms with Crippen LogP contribution in [-0.2, 0) is 22.7 Å². The summed E-state index contributed by atoms with van der Waals surface area (Å²) < 4.78 is 11.5. The number of unbranched alkanes of at least 4 members (excludes halogenated alkanes) is 2. The first-order valence-electron chi connectivity index (χ1n) is 11.9. The highest BCUT2D eigenvalue weighted by Gasteiger charge is 2.37. The Morgan fingerprint density at radius 2 is 1.42 bits per heavy atom. The van der Waals surface area contributed by atoms with Crippen molar-refractivity contribution >= 4 is 6.09 Å². The predicted molar refractivity (Wildman–Crippen MR) is 125 cm³/mol. The molecule has 0 saturated carbocycles. The van der Waals surface area contributed by atoms with Gasteiger partial charge in [-0.25, -0.2) is 4.79 Å². The van der Waals surface area contributed by atoms with Crippen LogP contribution in [0.4, 0.5) is 4.79 Å². The lowest BCUT2D eigenvalue weighted by Crippen LogP contribution is -2.41. The van der Waals surface area contributed by atoms with Crippen molar-refractivity contribution in [1.82, 2.24) is 4.90 Å². The maximum absolute atomic E-state index is 13.0. The average molecular weight is 424 g/mol. The third-order valence-corrected chi connectivity index (χ3v) is 6.11. The van der Waals surface area contributed by atoms with E-state index in [2.05, 4.69) is 24.0 Å². The zero-order chi connectivity index (χ0) is 21.7. The molecule has 4 nitrogen and oxygen atoms in total. The fourth-order valence-electron chi connectivity index (χ4n) is 4.41. The number of benzene rings is 2. The van der Waals surface area contributed by atoms with Crippen LogP contribution in [0.15, 0.2) is 60.7 Å². The van der Waals surface area contributed by atoms with Crippen molar-refractivity contribution < 1.29 is 14.3 Å². The fourth-order valence-corrected chi connectivity index (χ4v) is 4.41. The van der Waals surface area contributed by atoms with Gasteiger partial charge in [0.25, 0.3) is 0 Å².